The van der Waals surface area contributed by atoms with E-state index in [9.17, 15) is 17.6 Å². The molecule has 0 saturated carbocycles. The molecule has 20 heavy (non-hydrogen) atoms. The van der Waals surface area contributed by atoms with E-state index in [4.69, 9.17) is 5.73 Å². The highest BCUT2D eigenvalue weighted by Gasteiger charge is 2.12. The molecule has 2 N–H and O–H groups in total. The summed E-state index contributed by atoms with van der Waals surface area (Å²) in [6, 6.07) is 7.79. The van der Waals surface area contributed by atoms with E-state index in [1.165, 1.54) is 24.3 Å². The normalized spacial score (nSPS) is 12.5. The molecule has 2 rings (SSSR count). The van der Waals surface area contributed by atoms with E-state index in [2.05, 4.69) is 4.74 Å². The number of hydrogen-bond acceptors (Lipinski definition) is 2. The van der Waals surface area contributed by atoms with E-state index in [1.807, 2.05) is 0 Å². The average Bonchev–Trinajstić information content (AvgIpc) is 2.37. The number of hydrogen-bond donors (Lipinski definition) is 1. The number of ether oxygens (including phenoxy) is 1. The van der Waals surface area contributed by atoms with E-state index in [0.29, 0.717) is 5.56 Å². The van der Waals surface area contributed by atoms with Gasteiger partial charge in [0.25, 0.3) is 0 Å². The molecule has 0 spiro atoms. The summed E-state index contributed by atoms with van der Waals surface area (Å²) in [7, 11) is 0. The van der Waals surface area contributed by atoms with Gasteiger partial charge in [0, 0.05) is 6.07 Å². The van der Waals surface area contributed by atoms with Crippen LogP contribution in [0.2, 0.25) is 0 Å². The van der Waals surface area contributed by atoms with Crippen LogP contribution >= 0.6 is 0 Å². The van der Waals surface area contributed by atoms with Gasteiger partial charge in [0.2, 0.25) is 0 Å². The summed E-state index contributed by atoms with van der Waals surface area (Å²) in [6.45, 7) is -2.91. The molecule has 0 aromatic heterocycles. The highest BCUT2D eigenvalue weighted by Crippen LogP contribution is 2.24. The minimum absolute atomic E-state index is 0.0126. The van der Waals surface area contributed by atoms with E-state index < -0.39 is 24.3 Å². The quantitative estimate of drug-likeness (QED) is 0.871. The zero-order chi connectivity index (χ0) is 14.7. The van der Waals surface area contributed by atoms with Crippen molar-refractivity contribution in [2.45, 2.75) is 12.7 Å². The predicted molar refractivity (Wildman–Crippen MR) is 65.5 cm³/mol. The average molecular weight is 285 g/mol. The Hall–Kier alpha value is -2.08. The Morgan fingerprint density at radius 2 is 1.40 bits per heavy atom. The van der Waals surface area contributed by atoms with Gasteiger partial charge in [-0.05, 0) is 35.4 Å². The molecule has 1 atom stereocenters. The summed E-state index contributed by atoms with van der Waals surface area (Å²) in [6.07, 6.45) is 0. The van der Waals surface area contributed by atoms with Gasteiger partial charge < -0.3 is 10.5 Å². The lowest BCUT2D eigenvalue weighted by atomic mass is 9.99. The van der Waals surface area contributed by atoms with Gasteiger partial charge in [-0.25, -0.2) is 8.78 Å². The van der Waals surface area contributed by atoms with Gasteiger partial charge in [0.1, 0.15) is 17.4 Å². The number of rotatable bonds is 4. The first-order valence-corrected chi connectivity index (χ1v) is 5.72. The van der Waals surface area contributed by atoms with Gasteiger partial charge in [-0.15, -0.1) is 0 Å². The van der Waals surface area contributed by atoms with Crippen molar-refractivity contribution in [1.29, 1.82) is 0 Å². The lowest BCUT2D eigenvalue weighted by molar-refractivity contribution is -0.0498. The number of halogens is 4. The maximum atomic E-state index is 13.1. The zero-order valence-corrected chi connectivity index (χ0v) is 10.2. The molecule has 0 heterocycles. The fraction of sp³-hybridized carbons (Fsp3) is 0.143. The molecule has 0 amide bonds. The highest BCUT2D eigenvalue weighted by molar-refractivity contribution is 5.35. The van der Waals surface area contributed by atoms with Crippen molar-refractivity contribution in [1.82, 2.24) is 0 Å². The molecule has 2 aromatic rings. The Balaban J connectivity index is 2.22. The van der Waals surface area contributed by atoms with Gasteiger partial charge in [-0.2, -0.15) is 8.78 Å². The Morgan fingerprint density at radius 3 is 1.90 bits per heavy atom. The third-order valence-corrected chi connectivity index (χ3v) is 2.71. The third-order valence-electron chi connectivity index (χ3n) is 2.71. The molecule has 0 bridgehead atoms. The first-order valence-electron chi connectivity index (χ1n) is 5.72. The molecular weight excluding hydrogens is 274 g/mol. The lowest BCUT2D eigenvalue weighted by Gasteiger charge is -2.13. The summed E-state index contributed by atoms with van der Waals surface area (Å²) in [4.78, 5) is 0. The van der Waals surface area contributed by atoms with Crippen LogP contribution in [0.5, 0.6) is 5.75 Å². The molecule has 1 unspecified atom stereocenters. The van der Waals surface area contributed by atoms with Crippen molar-refractivity contribution < 1.29 is 22.3 Å². The first-order chi connectivity index (χ1) is 9.45. The monoisotopic (exact) mass is 285 g/mol. The second kappa shape index (κ2) is 5.92. The molecule has 106 valence electrons. The minimum Gasteiger partial charge on any atom is -0.435 e. The van der Waals surface area contributed by atoms with Crippen LogP contribution in [-0.4, -0.2) is 6.61 Å². The van der Waals surface area contributed by atoms with Crippen LogP contribution < -0.4 is 10.5 Å². The molecule has 2 nitrogen and oxygen atoms in total. The SMILES string of the molecule is NC(c1ccc(OC(F)F)cc1)c1cc(F)cc(F)c1. The van der Waals surface area contributed by atoms with Gasteiger partial charge in [0.15, 0.2) is 0 Å². The maximum Gasteiger partial charge on any atom is 0.387 e. The van der Waals surface area contributed by atoms with Gasteiger partial charge >= 0.3 is 6.61 Å². The number of benzene rings is 2. The van der Waals surface area contributed by atoms with Crippen molar-refractivity contribution in [3.63, 3.8) is 0 Å². The van der Waals surface area contributed by atoms with E-state index >= 15 is 0 Å². The molecule has 2 aromatic carbocycles. The van der Waals surface area contributed by atoms with Crippen molar-refractivity contribution in [2.75, 3.05) is 0 Å². The molecule has 0 aliphatic carbocycles. The van der Waals surface area contributed by atoms with Crippen molar-refractivity contribution in [2.24, 2.45) is 5.73 Å². The maximum absolute atomic E-state index is 13.1. The second-order valence-electron chi connectivity index (χ2n) is 4.13. The molecule has 0 aliphatic rings. The zero-order valence-electron chi connectivity index (χ0n) is 10.2. The summed E-state index contributed by atoms with van der Waals surface area (Å²) in [5.74, 6) is -1.47. The fourth-order valence-electron chi connectivity index (χ4n) is 1.80. The van der Waals surface area contributed by atoms with Crippen molar-refractivity contribution in [3.05, 3.63) is 65.2 Å². The number of alkyl halides is 2. The van der Waals surface area contributed by atoms with E-state index in [1.54, 1.807) is 0 Å². The van der Waals surface area contributed by atoms with Crippen LogP contribution in [0.15, 0.2) is 42.5 Å². The molecule has 0 radical (unpaired) electrons. The number of nitrogens with two attached hydrogens (primary N) is 1. The Morgan fingerprint density at radius 1 is 0.850 bits per heavy atom. The van der Waals surface area contributed by atoms with E-state index in [0.717, 1.165) is 18.2 Å². The first kappa shape index (κ1) is 14.3. The Labute approximate surface area is 112 Å². The topological polar surface area (TPSA) is 35.2 Å². The van der Waals surface area contributed by atoms with Crippen LogP contribution in [0.3, 0.4) is 0 Å². The van der Waals surface area contributed by atoms with E-state index in [-0.39, 0.29) is 11.3 Å². The van der Waals surface area contributed by atoms with Crippen LogP contribution in [0.1, 0.15) is 17.2 Å². The summed E-state index contributed by atoms with van der Waals surface area (Å²) in [5, 5.41) is 0. The molecule has 0 saturated heterocycles. The van der Waals surface area contributed by atoms with Crippen LogP contribution in [0.4, 0.5) is 17.6 Å². The third kappa shape index (κ3) is 3.48. The second-order valence-corrected chi connectivity index (χ2v) is 4.13. The van der Waals surface area contributed by atoms with Gasteiger partial charge in [-0.1, -0.05) is 12.1 Å². The Bertz CT molecular complexity index is 566. The fourth-order valence-corrected chi connectivity index (χ4v) is 1.80. The van der Waals surface area contributed by atoms with Gasteiger partial charge in [-0.3, -0.25) is 0 Å². The summed E-state index contributed by atoms with van der Waals surface area (Å²) < 4.78 is 54.4. The summed E-state index contributed by atoms with van der Waals surface area (Å²) in [5.41, 5.74) is 6.66. The van der Waals surface area contributed by atoms with Gasteiger partial charge in [0.05, 0.1) is 6.04 Å². The van der Waals surface area contributed by atoms with Crippen LogP contribution in [-0.2, 0) is 0 Å². The van der Waals surface area contributed by atoms with Crippen molar-refractivity contribution in [3.8, 4) is 5.75 Å². The lowest BCUT2D eigenvalue weighted by Crippen LogP contribution is -2.12. The van der Waals surface area contributed by atoms with Crippen LogP contribution in [0, 0.1) is 11.6 Å². The molecular formula is C14H11F4NO. The smallest absolute Gasteiger partial charge is 0.387 e. The highest BCUT2D eigenvalue weighted by atomic mass is 19.3. The van der Waals surface area contributed by atoms with Crippen LogP contribution in [0.25, 0.3) is 0 Å². The summed E-state index contributed by atoms with van der Waals surface area (Å²) >= 11 is 0. The predicted octanol–water partition coefficient (Wildman–Crippen LogP) is 3.61. The Kier molecular flexibility index (Phi) is 4.24. The van der Waals surface area contributed by atoms with Crippen molar-refractivity contribution >= 4 is 0 Å². The molecule has 0 aliphatic heterocycles. The largest absolute Gasteiger partial charge is 0.435 e. The standard InChI is InChI=1S/C14H11F4NO/c15-10-5-9(6-11(16)7-10)13(19)8-1-3-12(4-2-8)20-14(17)18/h1-7,13-14H,19H2. The molecule has 0 fully saturated rings. The molecule has 6 heteroatoms. The minimum atomic E-state index is -2.91.